The second kappa shape index (κ2) is 11.1. The van der Waals surface area contributed by atoms with Crippen molar-refractivity contribution in [2.75, 3.05) is 58.2 Å². The Hall–Kier alpha value is -2.61. The summed E-state index contributed by atoms with van der Waals surface area (Å²) in [4.78, 5) is 16.4. The second-order valence-corrected chi connectivity index (χ2v) is 7.41. The first kappa shape index (κ1) is 14.5. The fourth-order valence-corrected chi connectivity index (χ4v) is 3.36. The van der Waals surface area contributed by atoms with E-state index < -0.39 is 19.7 Å². The summed E-state index contributed by atoms with van der Waals surface area (Å²) in [5, 5.41) is 13.4. The van der Waals surface area contributed by atoms with E-state index in [1.54, 1.807) is 13.8 Å². The highest BCUT2D eigenvalue weighted by molar-refractivity contribution is 5.93. The third kappa shape index (κ3) is 6.69. The number of hydrogen-bond donors (Lipinski definition) is 2. The summed E-state index contributed by atoms with van der Waals surface area (Å²) in [6.45, 7) is 2.63. The van der Waals surface area contributed by atoms with Gasteiger partial charge in [-0.25, -0.2) is 0 Å². The topological polar surface area (TPSA) is 74.3 Å². The fraction of sp³-hybridized carbons (Fsp3) is 0.458. The van der Waals surface area contributed by atoms with Crippen LogP contribution in [-0.4, -0.2) is 79.8 Å². The lowest BCUT2D eigenvalue weighted by molar-refractivity contribution is -0.117. The van der Waals surface area contributed by atoms with Crippen molar-refractivity contribution in [1.29, 1.82) is 0 Å². The van der Waals surface area contributed by atoms with Crippen molar-refractivity contribution in [3.63, 3.8) is 0 Å². The van der Waals surface area contributed by atoms with Crippen LogP contribution in [0.15, 0.2) is 42.4 Å². The van der Waals surface area contributed by atoms with Gasteiger partial charge in [0.25, 0.3) is 0 Å². The zero-order valence-electron chi connectivity index (χ0n) is 25.7. The van der Waals surface area contributed by atoms with Crippen molar-refractivity contribution in [2.45, 2.75) is 20.0 Å². The Bertz CT molecular complexity index is 1160. The maximum absolute atomic E-state index is 12.7. The number of para-hydroxylation sites is 3. The van der Waals surface area contributed by atoms with E-state index in [0.29, 0.717) is 43.0 Å². The van der Waals surface area contributed by atoms with Crippen molar-refractivity contribution in [3.8, 4) is 11.5 Å². The van der Waals surface area contributed by atoms with Crippen LogP contribution < -0.4 is 14.8 Å². The molecule has 7 heteroatoms. The molecule has 2 aromatic rings. The maximum atomic E-state index is 12.7. The van der Waals surface area contributed by atoms with E-state index in [2.05, 4.69) is 5.32 Å². The van der Waals surface area contributed by atoms with Gasteiger partial charge in [0.2, 0.25) is 5.91 Å². The van der Waals surface area contributed by atoms with Gasteiger partial charge in [-0.05, 0) is 37.1 Å². The molecule has 168 valence electrons. The summed E-state index contributed by atoms with van der Waals surface area (Å²) >= 11 is 0. The molecule has 0 saturated carbocycles. The molecule has 1 aliphatic rings. The van der Waals surface area contributed by atoms with Crippen LogP contribution in [0.25, 0.3) is 0 Å². The number of methoxy groups -OCH3 is 1. The minimum Gasteiger partial charge on any atom is -0.493 e. The molecular formula is C24H33N3O4. The molecule has 31 heavy (non-hydrogen) atoms. The van der Waals surface area contributed by atoms with Gasteiger partial charge in [0.05, 0.1) is 24.5 Å². The number of amides is 1. The van der Waals surface area contributed by atoms with E-state index in [9.17, 15) is 9.90 Å². The van der Waals surface area contributed by atoms with Gasteiger partial charge in [0, 0.05) is 38.4 Å². The van der Waals surface area contributed by atoms with Crippen LogP contribution in [-0.2, 0) is 4.79 Å². The van der Waals surface area contributed by atoms with Gasteiger partial charge >= 0.3 is 0 Å². The summed E-state index contributed by atoms with van der Waals surface area (Å²) in [7, 11) is -2.75. The molecule has 1 saturated heterocycles. The predicted molar refractivity (Wildman–Crippen MR) is 122 cm³/mol. The van der Waals surface area contributed by atoms with Crippen LogP contribution in [0.4, 0.5) is 5.69 Å². The molecule has 0 radical (unpaired) electrons. The number of β-amino-alcohol motifs (C(OH)–C–C–N with tert-alkyl or cyclic N) is 1. The van der Waals surface area contributed by atoms with Crippen LogP contribution >= 0.6 is 0 Å². The summed E-state index contributed by atoms with van der Waals surface area (Å²) in [6, 6.07) is 5.39. The monoisotopic (exact) mass is 435 g/mol. The molecule has 1 atom stereocenters. The van der Waals surface area contributed by atoms with E-state index >= 15 is 0 Å². The molecule has 0 spiro atoms. The van der Waals surface area contributed by atoms with Crippen LogP contribution in [0.5, 0.6) is 11.5 Å². The molecule has 1 heterocycles. The quantitative estimate of drug-likeness (QED) is 0.630. The number of aliphatic hydroxyl groups is 1. The SMILES string of the molecule is [2H]c1c([2H])c(C)c(NC(=O)CN2CCN(CC(O)C([2H])([2H])Oc3ccccc3OC([2H])([2H])[2H])CC2)c(C)c1[2H]. The molecule has 1 unspecified atom stereocenters. The largest absolute Gasteiger partial charge is 0.493 e. The number of ether oxygens (including phenoxy) is 2. The van der Waals surface area contributed by atoms with Crippen LogP contribution in [0.2, 0.25) is 0 Å². The number of nitrogens with one attached hydrogen (secondary N) is 1. The van der Waals surface area contributed by atoms with E-state index in [0.717, 1.165) is 0 Å². The number of carbonyl (C=O) groups excluding carboxylic acids is 1. The molecule has 2 aromatic carbocycles. The van der Waals surface area contributed by atoms with E-state index in [1.807, 2.05) is 9.80 Å². The number of benzene rings is 2. The number of carbonyl (C=O) groups is 1. The number of rotatable bonds is 9. The van der Waals surface area contributed by atoms with Gasteiger partial charge in [-0.1, -0.05) is 30.3 Å². The molecular weight excluding hydrogens is 394 g/mol. The van der Waals surface area contributed by atoms with E-state index in [-0.39, 0.29) is 48.6 Å². The lowest BCUT2D eigenvalue weighted by Gasteiger charge is -2.35. The van der Waals surface area contributed by atoms with Crippen LogP contribution in [0.1, 0.15) is 22.1 Å². The lowest BCUT2D eigenvalue weighted by atomic mass is 10.1. The molecule has 3 rings (SSSR count). The molecule has 2 N–H and O–H groups in total. The maximum Gasteiger partial charge on any atom is 0.238 e. The number of aliphatic hydroxyl groups excluding tert-OH is 1. The highest BCUT2D eigenvalue weighted by Gasteiger charge is 2.21. The van der Waals surface area contributed by atoms with Crippen LogP contribution in [0, 0.1) is 13.8 Å². The van der Waals surface area contributed by atoms with E-state index in [4.69, 9.17) is 20.4 Å². The van der Waals surface area contributed by atoms with Crippen molar-refractivity contribution in [2.24, 2.45) is 0 Å². The first-order chi connectivity index (χ1) is 18.1. The van der Waals surface area contributed by atoms with Gasteiger partial charge < -0.3 is 19.9 Å². The summed E-state index contributed by atoms with van der Waals surface area (Å²) in [5.74, 6) is -0.625. The Morgan fingerprint density at radius 3 is 2.52 bits per heavy atom. The smallest absolute Gasteiger partial charge is 0.238 e. The van der Waals surface area contributed by atoms with Gasteiger partial charge in [0.15, 0.2) is 11.5 Å². The predicted octanol–water partition coefficient (Wildman–Crippen LogP) is 2.31. The average molecular weight is 436 g/mol. The summed E-state index contributed by atoms with van der Waals surface area (Å²) in [6.07, 6.45) is -1.56. The lowest BCUT2D eigenvalue weighted by Crippen LogP contribution is -2.50. The number of hydrogen-bond acceptors (Lipinski definition) is 6. The minimum absolute atomic E-state index is 0.0499. The first-order valence-electron chi connectivity index (χ1n) is 14.1. The number of nitrogens with zero attached hydrogens (tertiary/aromatic N) is 2. The number of piperazine rings is 1. The van der Waals surface area contributed by atoms with Crippen molar-refractivity contribution < 1.29 is 30.3 Å². The Kier molecular flexibility index (Phi) is 5.19. The molecule has 0 aromatic heterocycles. The molecule has 0 bridgehead atoms. The first-order valence-corrected chi connectivity index (χ1v) is 10.1. The van der Waals surface area contributed by atoms with Crippen molar-refractivity contribution in [1.82, 2.24) is 9.80 Å². The average Bonchev–Trinajstić information content (AvgIpc) is 2.85. The highest BCUT2D eigenvalue weighted by atomic mass is 16.5. The van der Waals surface area contributed by atoms with Gasteiger partial charge in [-0.2, -0.15) is 0 Å². The molecule has 7 nitrogen and oxygen atoms in total. The Morgan fingerprint density at radius 1 is 1.19 bits per heavy atom. The van der Waals surface area contributed by atoms with Gasteiger partial charge in [0.1, 0.15) is 12.7 Å². The third-order valence-corrected chi connectivity index (χ3v) is 5.04. The Balaban J connectivity index is 1.52. The Morgan fingerprint density at radius 2 is 1.84 bits per heavy atom. The summed E-state index contributed by atoms with van der Waals surface area (Å²) in [5.41, 5.74) is 1.25. The normalized spacial score (nSPS) is 20.6. The third-order valence-electron chi connectivity index (χ3n) is 5.04. The molecule has 1 amide bonds. The summed E-state index contributed by atoms with van der Waals surface area (Å²) < 4.78 is 72.2. The molecule has 0 aliphatic carbocycles. The standard InChI is InChI=1S/C24H33N3O4/c1-18-7-6-8-19(2)24(18)25-23(29)16-27-13-11-26(12-14-27)15-20(28)17-31-22-10-5-4-9-21(22)30-3/h4-10,20,28H,11-17H2,1-3H3,(H,25,29)/i3D3,6D,7D,8D,17D2. The van der Waals surface area contributed by atoms with Crippen molar-refractivity contribution >= 4 is 11.6 Å². The minimum atomic E-state index is -2.75. The molecule has 1 aliphatic heterocycles. The fourth-order valence-electron chi connectivity index (χ4n) is 3.36. The van der Waals surface area contributed by atoms with Gasteiger partial charge in [-0.3, -0.25) is 14.6 Å². The van der Waals surface area contributed by atoms with E-state index in [1.165, 1.54) is 24.3 Å². The number of anilines is 1. The molecule has 1 fully saturated rings. The zero-order valence-corrected chi connectivity index (χ0v) is 17.7. The zero-order chi connectivity index (χ0) is 29.1. The van der Waals surface area contributed by atoms with Gasteiger partial charge in [-0.15, -0.1) is 0 Å². The highest BCUT2D eigenvalue weighted by Crippen LogP contribution is 2.25. The second-order valence-electron chi connectivity index (χ2n) is 7.41. The van der Waals surface area contributed by atoms with Crippen LogP contribution in [0.3, 0.4) is 0 Å². The van der Waals surface area contributed by atoms with Crippen molar-refractivity contribution in [3.05, 3.63) is 53.5 Å². The Labute approximate surface area is 195 Å².